The lowest BCUT2D eigenvalue weighted by molar-refractivity contribution is -0.274. The first kappa shape index (κ1) is 35.2. The van der Waals surface area contributed by atoms with Gasteiger partial charge in [-0.3, -0.25) is 9.59 Å². The monoisotopic (exact) mass is 726 g/mol. The summed E-state index contributed by atoms with van der Waals surface area (Å²) >= 11 is 0.943. The summed E-state index contributed by atoms with van der Waals surface area (Å²) in [5.74, 6) is -3.10. The van der Waals surface area contributed by atoms with E-state index in [4.69, 9.17) is 9.88 Å². The molecule has 0 spiro atoms. The molecule has 2 amide bonds. The predicted molar refractivity (Wildman–Crippen MR) is 171 cm³/mol. The summed E-state index contributed by atoms with van der Waals surface area (Å²) < 4.78 is 97.5. The number of aromatic nitrogens is 1. The van der Waals surface area contributed by atoms with Crippen molar-refractivity contribution in [1.29, 1.82) is 0 Å². The number of halogens is 3. The maximum Gasteiger partial charge on any atom is 0.573 e. The topological polar surface area (TPSA) is 175 Å². The molecule has 1 aromatic heterocycles. The standard InChI is InChI=1S/C30H29F3N4O8S3/c31-30(32,33)45-23-8-1-19(2-9-23)18-47(40,41)26(27(38)35-11-16-48(34,42)43)28-36-24-10-7-22(17-25(24)46-28)20-3-5-21(6-4-20)29(39)37-12-14-44-15-13-37/h1-10,17,26H,11-16,18H2,(H,35,38)(H2,34,42,43). The smallest absolute Gasteiger partial charge is 0.406 e. The van der Waals surface area contributed by atoms with Crippen LogP contribution in [0.25, 0.3) is 21.3 Å². The van der Waals surface area contributed by atoms with Crippen molar-refractivity contribution < 1.29 is 49.1 Å². The Morgan fingerprint density at radius 2 is 1.62 bits per heavy atom. The summed E-state index contributed by atoms with van der Waals surface area (Å²) in [6.45, 7) is 1.51. The van der Waals surface area contributed by atoms with E-state index in [1.807, 2.05) is 0 Å². The highest BCUT2D eigenvalue weighted by atomic mass is 32.2. The van der Waals surface area contributed by atoms with Gasteiger partial charge in [-0.25, -0.2) is 27.0 Å². The van der Waals surface area contributed by atoms with E-state index in [-0.39, 0.29) is 16.5 Å². The minimum Gasteiger partial charge on any atom is -0.406 e. The van der Waals surface area contributed by atoms with Crippen LogP contribution in [0.5, 0.6) is 5.75 Å². The highest BCUT2D eigenvalue weighted by Gasteiger charge is 2.37. The molecule has 5 rings (SSSR count). The minimum absolute atomic E-state index is 0.0748. The molecule has 0 bridgehead atoms. The lowest BCUT2D eigenvalue weighted by atomic mass is 10.0. The molecule has 0 aliphatic carbocycles. The highest BCUT2D eigenvalue weighted by Crippen LogP contribution is 2.35. The lowest BCUT2D eigenvalue weighted by Gasteiger charge is -2.26. The molecule has 0 saturated carbocycles. The van der Waals surface area contributed by atoms with E-state index in [0.717, 1.165) is 46.7 Å². The zero-order chi connectivity index (χ0) is 34.7. The number of carbonyl (C=O) groups is 2. The normalized spacial score (nSPS) is 14.9. The Kier molecular flexibility index (Phi) is 10.4. The number of hydrogen-bond donors (Lipinski definition) is 2. The van der Waals surface area contributed by atoms with E-state index in [1.54, 1.807) is 47.4 Å². The van der Waals surface area contributed by atoms with Crippen molar-refractivity contribution in [2.75, 3.05) is 38.6 Å². The van der Waals surface area contributed by atoms with Gasteiger partial charge < -0.3 is 19.7 Å². The molecule has 0 radical (unpaired) electrons. The zero-order valence-corrected chi connectivity index (χ0v) is 27.4. The van der Waals surface area contributed by atoms with Gasteiger partial charge in [0, 0.05) is 25.2 Å². The maximum absolute atomic E-state index is 13.7. The molecular weight excluding hydrogens is 698 g/mol. The molecule has 4 aromatic rings. The second-order valence-corrected chi connectivity index (χ2v) is 15.6. The average Bonchev–Trinajstić information content (AvgIpc) is 3.43. The van der Waals surface area contributed by atoms with Crippen LogP contribution in [0.1, 0.15) is 26.2 Å². The molecule has 3 N–H and O–H groups in total. The third-order valence-corrected chi connectivity index (χ3v) is 11.1. The van der Waals surface area contributed by atoms with Gasteiger partial charge in [-0.15, -0.1) is 24.5 Å². The summed E-state index contributed by atoms with van der Waals surface area (Å²) in [4.78, 5) is 32.2. The number of ether oxygens (including phenoxy) is 2. The van der Waals surface area contributed by atoms with E-state index in [2.05, 4.69) is 15.0 Å². The van der Waals surface area contributed by atoms with Crippen molar-refractivity contribution in [3.05, 3.63) is 82.9 Å². The Bertz CT molecular complexity index is 2010. The molecule has 1 saturated heterocycles. The molecule has 3 aromatic carbocycles. The Labute approximate surface area is 277 Å². The quantitative estimate of drug-likeness (QED) is 0.235. The van der Waals surface area contributed by atoms with E-state index < -0.39 is 61.2 Å². The van der Waals surface area contributed by atoms with Crippen molar-refractivity contribution in [1.82, 2.24) is 15.2 Å². The Morgan fingerprint density at radius 1 is 0.979 bits per heavy atom. The molecule has 18 heteroatoms. The molecule has 1 unspecified atom stereocenters. The summed E-state index contributed by atoms with van der Waals surface area (Å²) in [7, 11) is -8.40. The fourth-order valence-corrected chi connectivity index (χ4v) is 8.48. The number of sulfonamides is 1. The largest absolute Gasteiger partial charge is 0.573 e. The lowest BCUT2D eigenvalue weighted by Crippen LogP contribution is -2.40. The van der Waals surface area contributed by atoms with Crippen molar-refractivity contribution in [3.63, 3.8) is 0 Å². The van der Waals surface area contributed by atoms with Gasteiger partial charge in [-0.1, -0.05) is 30.3 Å². The van der Waals surface area contributed by atoms with Crippen molar-refractivity contribution in [2.45, 2.75) is 17.4 Å². The zero-order valence-electron chi connectivity index (χ0n) is 25.0. The van der Waals surface area contributed by atoms with Crippen LogP contribution in [0, 0.1) is 0 Å². The van der Waals surface area contributed by atoms with E-state index in [0.29, 0.717) is 42.1 Å². The molecular formula is C30H29F3N4O8S3. The first-order valence-electron chi connectivity index (χ1n) is 14.3. The Balaban J connectivity index is 1.41. The minimum atomic E-state index is -4.94. The fraction of sp³-hybridized carbons (Fsp3) is 0.300. The average molecular weight is 727 g/mol. The molecule has 12 nitrogen and oxygen atoms in total. The number of carbonyl (C=O) groups excluding carboxylic acids is 2. The number of primary sulfonamides is 1. The second kappa shape index (κ2) is 14.2. The number of benzene rings is 3. The van der Waals surface area contributed by atoms with E-state index in [9.17, 15) is 39.6 Å². The molecule has 1 atom stereocenters. The highest BCUT2D eigenvalue weighted by molar-refractivity contribution is 7.91. The summed E-state index contributed by atoms with van der Waals surface area (Å²) in [6, 6.07) is 16.3. The molecule has 2 heterocycles. The van der Waals surface area contributed by atoms with Crippen LogP contribution in [0.15, 0.2) is 66.7 Å². The predicted octanol–water partition coefficient (Wildman–Crippen LogP) is 3.40. The van der Waals surface area contributed by atoms with Crippen LogP contribution in [0.2, 0.25) is 0 Å². The van der Waals surface area contributed by atoms with Crippen LogP contribution >= 0.6 is 11.3 Å². The maximum atomic E-state index is 13.7. The van der Waals surface area contributed by atoms with Gasteiger partial charge in [0.2, 0.25) is 15.9 Å². The van der Waals surface area contributed by atoms with Gasteiger partial charge in [-0.05, 0) is 53.1 Å². The molecule has 48 heavy (non-hydrogen) atoms. The van der Waals surface area contributed by atoms with Gasteiger partial charge in [-0.2, -0.15) is 0 Å². The molecule has 1 aliphatic rings. The number of fused-ring (bicyclic) bond motifs is 1. The summed E-state index contributed by atoms with van der Waals surface area (Å²) in [5, 5.41) is 5.32. The third-order valence-electron chi connectivity index (χ3n) is 7.20. The van der Waals surface area contributed by atoms with Crippen LogP contribution < -0.4 is 15.2 Å². The number of nitrogens with zero attached hydrogens (tertiary/aromatic N) is 2. The van der Waals surface area contributed by atoms with Crippen LogP contribution in [0.4, 0.5) is 13.2 Å². The summed E-state index contributed by atoms with van der Waals surface area (Å²) in [5.41, 5.74) is 2.50. The Morgan fingerprint density at radius 3 is 2.25 bits per heavy atom. The number of rotatable bonds is 11. The molecule has 256 valence electrons. The molecule has 1 aliphatic heterocycles. The number of thiazole rings is 1. The first-order chi connectivity index (χ1) is 22.6. The number of morpholine rings is 1. The van der Waals surface area contributed by atoms with Crippen LogP contribution in [-0.2, 0) is 35.1 Å². The second-order valence-electron chi connectivity index (χ2n) is 10.8. The SMILES string of the molecule is NS(=O)(=O)CCNC(=O)C(c1nc2ccc(-c3ccc(C(=O)N4CCOCC4)cc3)cc2s1)S(=O)(=O)Cc1ccc(OC(F)(F)F)cc1. The van der Waals surface area contributed by atoms with Crippen molar-refractivity contribution >= 4 is 53.2 Å². The van der Waals surface area contributed by atoms with Gasteiger partial charge >= 0.3 is 6.36 Å². The fourth-order valence-electron chi connectivity index (χ4n) is 4.93. The number of nitrogens with two attached hydrogens (primary N) is 1. The van der Waals surface area contributed by atoms with E-state index >= 15 is 0 Å². The Hall–Kier alpha value is -4.10. The summed E-state index contributed by atoms with van der Waals surface area (Å²) in [6.07, 6.45) is -4.94. The molecule has 1 fully saturated rings. The van der Waals surface area contributed by atoms with Gasteiger partial charge in [0.15, 0.2) is 15.1 Å². The van der Waals surface area contributed by atoms with Crippen molar-refractivity contribution in [2.24, 2.45) is 5.14 Å². The number of alkyl halides is 3. The van der Waals surface area contributed by atoms with Crippen LogP contribution in [-0.4, -0.2) is 83.5 Å². The van der Waals surface area contributed by atoms with E-state index in [1.165, 1.54) is 0 Å². The number of nitrogens with one attached hydrogen (secondary N) is 1. The number of sulfone groups is 1. The van der Waals surface area contributed by atoms with Gasteiger partial charge in [0.1, 0.15) is 10.8 Å². The number of amides is 2. The van der Waals surface area contributed by atoms with Gasteiger partial charge in [0.05, 0.1) is 34.9 Å². The van der Waals surface area contributed by atoms with Crippen LogP contribution in [0.3, 0.4) is 0 Å². The third kappa shape index (κ3) is 9.07. The number of hydrogen-bond acceptors (Lipinski definition) is 10. The van der Waals surface area contributed by atoms with Gasteiger partial charge in [0.25, 0.3) is 5.91 Å². The van der Waals surface area contributed by atoms with Crippen molar-refractivity contribution in [3.8, 4) is 16.9 Å². The first-order valence-corrected chi connectivity index (χ1v) is 18.6.